The van der Waals surface area contributed by atoms with E-state index in [-0.39, 0.29) is 6.10 Å². The zero-order valence-corrected chi connectivity index (χ0v) is 11.8. The third kappa shape index (κ3) is 3.84. The van der Waals surface area contributed by atoms with E-state index in [1.807, 2.05) is 18.7 Å². The van der Waals surface area contributed by atoms with E-state index in [9.17, 15) is 5.11 Å². The van der Waals surface area contributed by atoms with Gasteiger partial charge in [0.1, 0.15) is 0 Å². The molecular weight excluding hydrogens is 212 g/mol. The Morgan fingerprint density at radius 1 is 1.35 bits per heavy atom. The molecule has 0 saturated carbocycles. The molecule has 98 valence electrons. The summed E-state index contributed by atoms with van der Waals surface area (Å²) in [4.78, 5) is 0. The lowest BCUT2D eigenvalue weighted by atomic mass is 9.96. The fourth-order valence-corrected chi connectivity index (χ4v) is 2.24. The number of nitrogens with zero attached hydrogens (tertiary/aromatic N) is 2. The third-order valence-electron chi connectivity index (χ3n) is 3.76. The second-order valence-corrected chi connectivity index (χ2v) is 5.21. The molecule has 1 rings (SSSR count). The molecule has 1 aromatic heterocycles. The van der Waals surface area contributed by atoms with Gasteiger partial charge >= 0.3 is 0 Å². The molecule has 0 spiro atoms. The molecular formula is C14H26N2O. The zero-order chi connectivity index (χ0) is 13.0. The van der Waals surface area contributed by atoms with Gasteiger partial charge in [-0.2, -0.15) is 5.10 Å². The van der Waals surface area contributed by atoms with Gasteiger partial charge in [0.25, 0.3) is 0 Å². The van der Waals surface area contributed by atoms with E-state index in [2.05, 4.69) is 25.9 Å². The van der Waals surface area contributed by atoms with E-state index >= 15 is 0 Å². The minimum Gasteiger partial charge on any atom is -0.393 e. The van der Waals surface area contributed by atoms with E-state index in [4.69, 9.17) is 0 Å². The number of aliphatic hydroxyl groups excluding tert-OH is 1. The topological polar surface area (TPSA) is 38.1 Å². The molecule has 3 heteroatoms. The van der Waals surface area contributed by atoms with Crippen LogP contribution in [-0.2, 0) is 13.5 Å². The summed E-state index contributed by atoms with van der Waals surface area (Å²) in [6, 6.07) is 0. The van der Waals surface area contributed by atoms with Crippen molar-refractivity contribution >= 4 is 0 Å². The van der Waals surface area contributed by atoms with Crippen molar-refractivity contribution in [2.75, 3.05) is 0 Å². The van der Waals surface area contributed by atoms with Crippen LogP contribution in [0.15, 0.2) is 0 Å². The van der Waals surface area contributed by atoms with Crippen molar-refractivity contribution in [2.24, 2.45) is 13.0 Å². The van der Waals surface area contributed by atoms with Crippen molar-refractivity contribution in [1.82, 2.24) is 9.78 Å². The molecule has 0 aliphatic carbocycles. The van der Waals surface area contributed by atoms with Crippen molar-refractivity contribution in [2.45, 2.75) is 59.5 Å². The van der Waals surface area contributed by atoms with Gasteiger partial charge in [0, 0.05) is 12.7 Å². The Morgan fingerprint density at radius 3 is 2.47 bits per heavy atom. The predicted molar refractivity (Wildman–Crippen MR) is 71.1 cm³/mol. The van der Waals surface area contributed by atoms with Crippen LogP contribution in [0, 0.1) is 19.8 Å². The van der Waals surface area contributed by atoms with Gasteiger partial charge in [-0.3, -0.25) is 4.68 Å². The lowest BCUT2D eigenvalue weighted by molar-refractivity contribution is 0.135. The maximum absolute atomic E-state index is 9.97. The lowest BCUT2D eigenvalue weighted by Crippen LogP contribution is -2.12. The van der Waals surface area contributed by atoms with E-state index < -0.39 is 0 Å². The molecule has 0 aromatic carbocycles. The maximum Gasteiger partial charge on any atom is 0.0628 e. The number of aryl methyl sites for hydroxylation is 2. The van der Waals surface area contributed by atoms with Crippen LogP contribution in [0.2, 0.25) is 0 Å². The molecule has 0 aliphatic heterocycles. The lowest BCUT2D eigenvalue weighted by Gasteiger charge is -2.14. The van der Waals surface area contributed by atoms with Crippen molar-refractivity contribution < 1.29 is 5.11 Å². The van der Waals surface area contributed by atoms with Crippen LogP contribution >= 0.6 is 0 Å². The van der Waals surface area contributed by atoms with Gasteiger partial charge in [-0.1, -0.05) is 20.3 Å². The molecule has 2 atom stereocenters. The highest BCUT2D eigenvalue weighted by molar-refractivity contribution is 5.24. The summed E-state index contributed by atoms with van der Waals surface area (Å²) in [7, 11) is 1.97. The fraction of sp³-hybridized carbons (Fsp3) is 0.786. The molecule has 17 heavy (non-hydrogen) atoms. The Kier molecular flexibility index (Phi) is 5.19. The Bertz CT molecular complexity index is 357. The van der Waals surface area contributed by atoms with Crippen LogP contribution in [0.25, 0.3) is 0 Å². The predicted octanol–water partition coefficient (Wildman–Crippen LogP) is 2.77. The highest BCUT2D eigenvalue weighted by Crippen LogP contribution is 2.18. The molecule has 0 saturated heterocycles. The SMILES string of the molecule is CCC(C)CC(O)CCc1c(C)nn(C)c1C. The first-order valence-corrected chi connectivity index (χ1v) is 6.62. The molecule has 2 unspecified atom stereocenters. The van der Waals surface area contributed by atoms with Crippen LogP contribution < -0.4 is 0 Å². The molecule has 0 fully saturated rings. The average molecular weight is 238 g/mol. The van der Waals surface area contributed by atoms with Crippen molar-refractivity contribution in [3.8, 4) is 0 Å². The van der Waals surface area contributed by atoms with E-state index in [0.29, 0.717) is 5.92 Å². The van der Waals surface area contributed by atoms with Gasteiger partial charge in [0.2, 0.25) is 0 Å². The van der Waals surface area contributed by atoms with Gasteiger partial charge in [0.15, 0.2) is 0 Å². The normalized spacial score (nSPS) is 14.9. The summed E-state index contributed by atoms with van der Waals surface area (Å²) < 4.78 is 1.92. The van der Waals surface area contributed by atoms with Crippen LogP contribution in [-0.4, -0.2) is 21.0 Å². The summed E-state index contributed by atoms with van der Waals surface area (Å²) >= 11 is 0. The minimum absolute atomic E-state index is 0.177. The second kappa shape index (κ2) is 6.20. The first kappa shape index (κ1) is 14.2. The van der Waals surface area contributed by atoms with Gasteiger partial charge in [-0.25, -0.2) is 0 Å². The van der Waals surface area contributed by atoms with Crippen LogP contribution in [0.3, 0.4) is 0 Å². The zero-order valence-electron chi connectivity index (χ0n) is 11.8. The smallest absolute Gasteiger partial charge is 0.0628 e. The summed E-state index contributed by atoms with van der Waals surface area (Å²) in [6.07, 6.45) is 3.65. The van der Waals surface area contributed by atoms with E-state index in [0.717, 1.165) is 31.4 Å². The standard InChI is InChI=1S/C14H26N2O/c1-6-10(2)9-13(17)7-8-14-11(3)15-16(5)12(14)4/h10,13,17H,6-9H2,1-5H3. The van der Waals surface area contributed by atoms with E-state index in [1.165, 1.54) is 11.3 Å². The molecule has 1 aromatic rings. The van der Waals surface area contributed by atoms with Gasteiger partial charge in [0.05, 0.1) is 11.8 Å². The number of rotatable bonds is 6. The summed E-state index contributed by atoms with van der Waals surface area (Å²) in [5, 5.41) is 14.4. The Morgan fingerprint density at radius 2 is 2.00 bits per heavy atom. The van der Waals surface area contributed by atoms with E-state index in [1.54, 1.807) is 0 Å². The molecule has 1 N–H and O–H groups in total. The second-order valence-electron chi connectivity index (χ2n) is 5.21. The van der Waals surface area contributed by atoms with Gasteiger partial charge in [-0.15, -0.1) is 0 Å². The first-order chi connectivity index (χ1) is 7.95. The summed E-state index contributed by atoms with van der Waals surface area (Å²) in [5.41, 5.74) is 3.62. The molecule has 0 aliphatic rings. The third-order valence-corrected chi connectivity index (χ3v) is 3.76. The average Bonchev–Trinajstić information content (AvgIpc) is 2.51. The molecule has 1 heterocycles. The van der Waals surface area contributed by atoms with Crippen LogP contribution in [0.5, 0.6) is 0 Å². The van der Waals surface area contributed by atoms with Gasteiger partial charge < -0.3 is 5.11 Å². The molecule has 3 nitrogen and oxygen atoms in total. The first-order valence-electron chi connectivity index (χ1n) is 6.62. The number of aromatic nitrogens is 2. The monoisotopic (exact) mass is 238 g/mol. The largest absolute Gasteiger partial charge is 0.393 e. The number of hydrogen-bond donors (Lipinski definition) is 1. The van der Waals surface area contributed by atoms with Crippen molar-refractivity contribution in [3.63, 3.8) is 0 Å². The number of hydrogen-bond acceptors (Lipinski definition) is 2. The Balaban J connectivity index is 2.50. The van der Waals surface area contributed by atoms with Crippen LogP contribution in [0.1, 0.15) is 50.1 Å². The highest BCUT2D eigenvalue weighted by Gasteiger charge is 2.13. The van der Waals surface area contributed by atoms with Crippen molar-refractivity contribution in [3.05, 3.63) is 17.0 Å². The minimum atomic E-state index is -0.177. The fourth-order valence-electron chi connectivity index (χ4n) is 2.24. The molecule has 0 amide bonds. The Hall–Kier alpha value is -0.830. The number of aliphatic hydroxyl groups is 1. The molecule has 0 radical (unpaired) electrons. The maximum atomic E-state index is 9.97. The van der Waals surface area contributed by atoms with Crippen molar-refractivity contribution in [1.29, 1.82) is 0 Å². The quantitative estimate of drug-likeness (QED) is 0.827. The highest BCUT2D eigenvalue weighted by atomic mass is 16.3. The van der Waals surface area contributed by atoms with Gasteiger partial charge in [-0.05, 0) is 44.6 Å². The van der Waals surface area contributed by atoms with Crippen LogP contribution in [0.4, 0.5) is 0 Å². The summed E-state index contributed by atoms with van der Waals surface area (Å²) in [5.74, 6) is 0.612. The Labute approximate surface area is 105 Å². The summed E-state index contributed by atoms with van der Waals surface area (Å²) in [6.45, 7) is 8.51. The molecule has 0 bridgehead atoms.